The Labute approximate surface area is 180 Å². The normalized spacial score (nSPS) is 16.7. The fourth-order valence-corrected chi connectivity index (χ4v) is 4.77. The predicted octanol–water partition coefficient (Wildman–Crippen LogP) is 6.07. The third-order valence-electron chi connectivity index (χ3n) is 6.51. The van der Waals surface area contributed by atoms with Crippen LogP contribution in [0.25, 0.3) is 27.4 Å². The molecule has 0 fully saturated rings. The number of allylic oxidation sites excluding steroid dienone is 2. The minimum absolute atomic E-state index is 0.0433. The molecule has 0 aliphatic heterocycles. The van der Waals surface area contributed by atoms with Crippen molar-refractivity contribution in [2.45, 2.75) is 45.1 Å². The number of aromatic nitrogens is 3. The minimum atomic E-state index is -0.157. The van der Waals surface area contributed by atoms with Crippen LogP contribution in [0.15, 0.2) is 65.9 Å². The molecule has 4 aromatic rings. The van der Waals surface area contributed by atoms with Crippen molar-refractivity contribution < 1.29 is 4.39 Å². The summed E-state index contributed by atoms with van der Waals surface area (Å²) in [7, 11) is 0. The monoisotopic (exact) mass is 415 g/mol. The average molecular weight is 416 g/mol. The van der Waals surface area contributed by atoms with E-state index >= 15 is 0 Å². The first kappa shape index (κ1) is 19.7. The topological polar surface area (TPSA) is 50.7 Å². The summed E-state index contributed by atoms with van der Waals surface area (Å²) in [6.07, 6.45) is 12.3. The van der Waals surface area contributed by atoms with Crippen molar-refractivity contribution in [1.82, 2.24) is 14.5 Å². The molecule has 0 saturated carbocycles. The number of fused-ring (bicyclic) bond motifs is 2. The van der Waals surface area contributed by atoms with Crippen LogP contribution in [0.4, 0.5) is 4.39 Å². The van der Waals surface area contributed by atoms with E-state index in [-0.39, 0.29) is 11.4 Å². The second-order valence-corrected chi connectivity index (χ2v) is 8.49. The molecule has 2 heterocycles. The number of nitrogens with zero attached hydrogens (tertiary/aromatic N) is 2. The number of hydrogen-bond acceptors (Lipinski definition) is 2. The smallest absolute Gasteiger partial charge is 0.261 e. The molecule has 1 aliphatic carbocycles. The Kier molecular flexibility index (Phi) is 5.41. The largest absolute Gasteiger partial charge is 0.360 e. The Morgan fingerprint density at radius 3 is 2.90 bits per heavy atom. The molecule has 1 aliphatic rings. The quantitative estimate of drug-likeness (QED) is 0.389. The molecule has 1 unspecified atom stereocenters. The van der Waals surface area contributed by atoms with Gasteiger partial charge in [0, 0.05) is 29.2 Å². The van der Waals surface area contributed by atoms with Gasteiger partial charge in [-0.1, -0.05) is 37.1 Å². The fourth-order valence-electron chi connectivity index (χ4n) is 4.77. The van der Waals surface area contributed by atoms with Gasteiger partial charge >= 0.3 is 0 Å². The molecular formula is C26H26FN3O. The van der Waals surface area contributed by atoms with Crippen molar-refractivity contribution in [3.05, 3.63) is 82.8 Å². The summed E-state index contributed by atoms with van der Waals surface area (Å²) in [5.74, 6) is 0.500. The molecule has 4 nitrogen and oxygen atoms in total. The SMILES string of the molecule is O=c1c2ccccc2ncn1CCCCC1CC=C(c2c[nH]c3cccc(F)c23)CC1. The molecule has 0 radical (unpaired) electrons. The maximum Gasteiger partial charge on any atom is 0.261 e. The van der Waals surface area contributed by atoms with Crippen LogP contribution in [0.5, 0.6) is 0 Å². The number of unbranched alkanes of at least 4 members (excludes halogenated alkanes) is 1. The molecule has 0 spiro atoms. The van der Waals surface area contributed by atoms with Gasteiger partial charge in [0.05, 0.1) is 17.2 Å². The molecule has 1 atom stereocenters. The number of aryl methyl sites for hydroxylation is 1. The lowest BCUT2D eigenvalue weighted by molar-refractivity contribution is 0.419. The van der Waals surface area contributed by atoms with Gasteiger partial charge in [-0.2, -0.15) is 0 Å². The van der Waals surface area contributed by atoms with E-state index in [4.69, 9.17) is 0 Å². The highest BCUT2D eigenvalue weighted by atomic mass is 19.1. The van der Waals surface area contributed by atoms with Gasteiger partial charge in [0.1, 0.15) is 5.82 Å². The number of para-hydroxylation sites is 1. The lowest BCUT2D eigenvalue weighted by Crippen LogP contribution is -2.20. The molecule has 5 rings (SSSR count). The van der Waals surface area contributed by atoms with Crippen LogP contribution < -0.4 is 5.56 Å². The van der Waals surface area contributed by atoms with Crippen molar-refractivity contribution in [3.63, 3.8) is 0 Å². The molecule has 0 amide bonds. The maximum atomic E-state index is 14.3. The Balaban J connectivity index is 1.17. The zero-order valence-corrected chi connectivity index (χ0v) is 17.5. The van der Waals surface area contributed by atoms with E-state index in [2.05, 4.69) is 16.0 Å². The van der Waals surface area contributed by atoms with Crippen molar-refractivity contribution in [2.24, 2.45) is 5.92 Å². The highest BCUT2D eigenvalue weighted by Crippen LogP contribution is 2.36. The van der Waals surface area contributed by atoms with Crippen LogP contribution in [-0.4, -0.2) is 14.5 Å². The summed E-state index contributed by atoms with van der Waals surface area (Å²) in [6.45, 7) is 0.707. The number of halogens is 1. The van der Waals surface area contributed by atoms with Gasteiger partial charge in [0.15, 0.2) is 0 Å². The molecule has 2 aromatic heterocycles. The number of nitrogens with one attached hydrogen (secondary N) is 1. The van der Waals surface area contributed by atoms with Gasteiger partial charge < -0.3 is 4.98 Å². The summed E-state index contributed by atoms with van der Waals surface area (Å²) in [4.78, 5) is 20.2. The molecule has 2 aromatic carbocycles. The first-order valence-electron chi connectivity index (χ1n) is 11.1. The lowest BCUT2D eigenvalue weighted by Gasteiger charge is -2.22. The molecule has 158 valence electrons. The Bertz CT molecular complexity index is 1320. The molecule has 0 bridgehead atoms. The zero-order chi connectivity index (χ0) is 21.2. The fraction of sp³-hybridized carbons (Fsp3) is 0.308. The number of benzene rings is 2. The van der Waals surface area contributed by atoms with E-state index in [1.54, 1.807) is 17.0 Å². The van der Waals surface area contributed by atoms with E-state index in [9.17, 15) is 9.18 Å². The van der Waals surface area contributed by atoms with Crippen molar-refractivity contribution >= 4 is 27.4 Å². The molecular weight excluding hydrogens is 389 g/mol. The first-order chi connectivity index (χ1) is 15.2. The van der Waals surface area contributed by atoms with E-state index in [0.717, 1.165) is 55.1 Å². The number of rotatable bonds is 6. The van der Waals surface area contributed by atoms with Crippen molar-refractivity contribution in [2.75, 3.05) is 0 Å². The molecule has 31 heavy (non-hydrogen) atoms. The highest BCUT2D eigenvalue weighted by Gasteiger charge is 2.18. The van der Waals surface area contributed by atoms with Gasteiger partial charge in [0.25, 0.3) is 5.56 Å². The Hall–Kier alpha value is -3.21. The molecule has 5 heteroatoms. The van der Waals surface area contributed by atoms with Gasteiger partial charge in [-0.3, -0.25) is 9.36 Å². The zero-order valence-electron chi connectivity index (χ0n) is 17.5. The highest BCUT2D eigenvalue weighted by molar-refractivity contribution is 5.93. The number of H-pyrrole nitrogens is 1. The van der Waals surface area contributed by atoms with E-state index in [0.29, 0.717) is 23.2 Å². The Morgan fingerprint density at radius 2 is 2.03 bits per heavy atom. The summed E-state index contributed by atoms with van der Waals surface area (Å²) in [5.41, 5.74) is 3.91. The average Bonchev–Trinajstić information content (AvgIpc) is 3.24. The molecule has 0 saturated heterocycles. The van der Waals surface area contributed by atoms with Crippen LogP contribution in [0.1, 0.15) is 44.1 Å². The number of aromatic amines is 1. The predicted molar refractivity (Wildman–Crippen MR) is 123 cm³/mol. The van der Waals surface area contributed by atoms with Crippen LogP contribution in [0.2, 0.25) is 0 Å². The third kappa shape index (κ3) is 3.92. The van der Waals surface area contributed by atoms with Gasteiger partial charge in [0.2, 0.25) is 0 Å². The molecule has 1 N–H and O–H groups in total. The van der Waals surface area contributed by atoms with E-state index in [1.165, 1.54) is 11.6 Å². The third-order valence-corrected chi connectivity index (χ3v) is 6.51. The van der Waals surface area contributed by atoms with Crippen LogP contribution in [0.3, 0.4) is 0 Å². The van der Waals surface area contributed by atoms with Crippen LogP contribution >= 0.6 is 0 Å². The van der Waals surface area contributed by atoms with Crippen molar-refractivity contribution in [3.8, 4) is 0 Å². The number of hydrogen-bond donors (Lipinski definition) is 1. The maximum absolute atomic E-state index is 14.3. The minimum Gasteiger partial charge on any atom is -0.360 e. The van der Waals surface area contributed by atoms with Crippen LogP contribution in [-0.2, 0) is 6.54 Å². The standard InChI is InChI=1S/C26H26FN3O/c27-22-8-5-10-24-25(22)21(16-28-24)19-13-11-18(12-14-19)6-3-4-15-30-17-29-23-9-2-1-7-20(23)26(30)31/h1-2,5,7-10,13,16-18,28H,3-4,6,11-12,14-15H2. The Morgan fingerprint density at radius 1 is 1.13 bits per heavy atom. The lowest BCUT2D eigenvalue weighted by atomic mass is 9.84. The van der Waals surface area contributed by atoms with Gasteiger partial charge in [-0.05, 0) is 61.4 Å². The summed E-state index contributed by atoms with van der Waals surface area (Å²) in [5, 5.41) is 1.39. The van der Waals surface area contributed by atoms with E-state index < -0.39 is 0 Å². The summed E-state index contributed by atoms with van der Waals surface area (Å²) in [6, 6.07) is 12.7. The first-order valence-corrected chi connectivity index (χ1v) is 11.1. The van der Waals surface area contributed by atoms with Crippen LogP contribution in [0, 0.1) is 11.7 Å². The second kappa shape index (κ2) is 8.50. The van der Waals surface area contributed by atoms with E-state index in [1.807, 2.05) is 36.5 Å². The van der Waals surface area contributed by atoms with Gasteiger partial charge in [-0.25, -0.2) is 9.37 Å². The van der Waals surface area contributed by atoms with Crippen molar-refractivity contribution in [1.29, 1.82) is 0 Å². The summed E-state index contributed by atoms with van der Waals surface area (Å²) < 4.78 is 16.0. The summed E-state index contributed by atoms with van der Waals surface area (Å²) >= 11 is 0. The van der Waals surface area contributed by atoms with Gasteiger partial charge in [-0.15, -0.1) is 0 Å². The second-order valence-electron chi connectivity index (χ2n) is 8.49.